The number of aromatic nitrogens is 4. The molecule has 0 aliphatic heterocycles. The van der Waals surface area contributed by atoms with Crippen LogP contribution in [-0.2, 0) is 13.1 Å². The Morgan fingerprint density at radius 3 is 3.00 bits per heavy atom. The van der Waals surface area contributed by atoms with E-state index in [-0.39, 0.29) is 5.56 Å². The molecule has 0 fully saturated rings. The van der Waals surface area contributed by atoms with E-state index in [0.717, 1.165) is 0 Å². The number of halogens is 1. The number of alkyl halides is 1. The van der Waals surface area contributed by atoms with Gasteiger partial charge in [-0.05, 0) is 13.3 Å². The van der Waals surface area contributed by atoms with Crippen molar-refractivity contribution in [2.45, 2.75) is 26.4 Å². The van der Waals surface area contributed by atoms with E-state index in [1.165, 1.54) is 17.1 Å². The summed E-state index contributed by atoms with van der Waals surface area (Å²) in [6, 6.07) is 0. The quantitative estimate of drug-likeness (QED) is 0.777. The first-order valence-electron chi connectivity index (χ1n) is 5.25. The molecule has 0 aromatic carbocycles. The normalized spacial score (nSPS) is 11.1. The Morgan fingerprint density at radius 1 is 1.50 bits per heavy atom. The fourth-order valence-corrected chi connectivity index (χ4v) is 1.62. The molecule has 6 heteroatoms. The van der Waals surface area contributed by atoms with E-state index >= 15 is 0 Å². The number of aryl methyl sites for hydroxylation is 2. The second kappa shape index (κ2) is 4.42. The fourth-order valence-electron chi connectivity index (χ4n) is 1.62. The summed E-state index contributed by atoms with van der Waals surface area (Å²) < 4.78 is 15.1. The summed E-state index contributed by atoms with van der Waals surface area (Å²) >= 11 is 0. The van der Waals surface area contributed by atoms with Gasteiger partial charge in [0.1, 0.15) is 5.39 Å². The van der Waals surface area contributed by atoms with Gasteiger partial charge in [-0.15, -0.1) is 0 Å². The Hall–Kier alpha value is -1.72. The average molecular weight is 224 g/mol. The summed E-state index contributed by atoms with van der Waals surface area (Å²) in [6.07, 6.45) is 3.29. The molecule has 0 atom stereocenters. The number of nitrogens with zero attached hydrogens (tertiary/aromatic N) is 4. The lowest BCUT2D eigenvalue weighted by Gasteiger charge is -2.03. The first kappa shape index (κ1) is 10.8. The first-order chi connectivity index (χ1) is 7.77. The second-order valence-corrected chi connectivity index (χ2v) is 3.48. The van der Waals surface area contributed by atoms with Crippen LogP contribution in [0.4, 0.5) is 4.39 Å². The molecule has 2 heterocycles. The van der Waals surface area contributed by atoms with Crippen LogP contribution >= 0.6 is 0 Å². The SMILES string of the molecule is CCn1ncc2c(=O)n(CCCF)cnc21. The first-order valence-corrected chi connectivity index (χ1v) is 5.25. The van der Waals surface area contributed by atoms with Gasteiger partial charge in [-0.1, -0.05) is 0 Å². The molecule has 0 bridgehead atoms. The highest BCUT2D eigenvalue weighted by molar-refractivity contribution is 5.72. The third-order valence-electron chi connectivity index (χ3n) is 2.45. The van der Waals surface area contributed by atoms with E-state index in [1.807, 2.05) is 6.92 Å². The van der Waals surface area contributed by atoms with E-state index in [9.17, 15) is 9.18 Å². The lowest BCUT2D eigenvalue weighted by Crippen LogP contribution is -2.20. The van der Waals surface area contributed by atoms with Crippen LogP contribution in [0.15, 0.2) is 17.3 Å². The molecule has 0 amide bonds. The Balaban J connectivity index is 2.49. The number of fused-ring (bicyclic) bond motifs is 1. The van der Waals surface area contributed by atoms with Crippen LogP contribution in [0.25, 0.3) is 11.0 Å². The van der Waals surface area contributed by atoms with Gasteiger partial charge >= 0.3 is 0 Å². The molecule has 0 aliphatic carbocycles. The maximum atomic E-state index is 12.0. The van der Waals surface area contributed by atoms with Crippen LogP contribution in [0.5, 0.6) is 0 Å². The molecule has 16 heavy (non-hydrogen) atoms. The molecule has 2 aromatic heterocycles. The molecule has 0 radical (unpaired) electrons. The molecule has 2 aromatic rings. The van der Waals surface area contributed by atoms with Gasteiger partial charge in [0.25, 0.3) is 5.56 Å². The van der Waals surface area contributed by atoms with Gasteiger partial charge in [0.05, 0.1) is 19.2 Å². The minimum Gasteiger partial charge on any atom is -0.298 e. The van der Waals surface area contributed by atoms with Crippen LogP contribution in [0, 0.1) is 0 Å². The zero-order valence-corrected chi connectivity index (χ0v) is 9.06. The van der Waals surface area contributed by atoms with Crippen molar-refractivity contribution in [3.63, 3.8) is 0 Å². The summed E-state index contributed by atoms with van der Waals surface area (Å²) in [7, 11) is 0. The maximum absolute atomic E-state index is 12.0. The van der Waals surface area contributed by atoms with Crippen molar-refractivity contribution in [1.82, 2.24) is 19.3 Å². The number of hydrogen-bond donors (Lipinski definition) is 0. The van der Waals surface area contributed by atoms with Crippen LogP contribution in [-0.4, -0.2) is 26.0 Å². The molecular weight excluding hydrogens is 211 g/mol. The largest absolute Gasteiger partial charge is 0.298 e. The molecule has 0 unspecified atom stereocenters. The Labute approximate surface area is 91.5 Å². The molecule has 86 valence electrons. The Bertz CT molecular complexity index is 545. The predicted octanol–water partition coefficient (Wildman–Crippen LogP) is 0.972. The van der Waals surface area contributed by atoms with Gasteiger partial charge in [0.15, 0.2) is 5.65 Å². The number of rotatable bonds is 4. The molecule has 0 N–H and O–H groups in total. The van der Waals surface area contributed by atoms with Gasteiger partial charge in [0.2, 0.25) is 0 Å². The summed E-state index contributed by atoms with van der Waals surface area (Å²) in [5.41, 5.74) is 0.433. The van der Waals surface area contributed by atoms with Crippen LogP contribution < -0.4 is 5.56 Å². The van der Waals surface area contributed by atoms with Gasteiger partial charge < -0.3 is 0 Å². The Kier molecular flexibility index (Phi) is 2.98. The third kappa shape index (κ3) is 1.70. The highest BCUT2D eigenvalue weighted by atomic mass is 19.1. The zero-order chi connectivity index (χ0) is 11.5. The summed E-state index contributed by atoms with van der Waals surface area (Å²) in [5, 5.41) is 4.55. The smallest absolute Gasteiger partial charge is 0.264 e. The molecule has 0 aliphatic rings. The van der Waals surface area contributed by atoms with Crippen molar-refractivity contribution in [3.8, 4) is 0 Å². The van der Waals surface area contributed by atoms with E-state index in [4.69, 9.17) is 0 Å². The molecule has 0 saturated carbocycles. The van der Waals surface area contributed by atoms with Crippen LogP contribution in [0.3, 0.4) is 0 Å². The molecule has 0 spiro atoms. The van der Waals surface area contributed by atoms with E-state index in [2.05, 4.69) is 10.1 Å². The predicted molar refractivity (Wildman–Crippen MR) is 58.1 cm³/mol. The molecule has 5 nitrogen and oxygen atoms in total. The fraction of sp³-hybridized carbons (Fsp3) is 0.500. The van der Waals surface area contributed by atoms with Crippen molar-refractivity contribution in [1.29, 1.82) is 0 Å². The van der Waals surface area contributed by atoms with Gasteiger partial charge in [-0.3, -0.25) is 13.8 Å². The van der Waals surface area contributed by atoms with Crippen molar-refractivity contribution >= 4 is 11.0 Å². The Morgan fingerprint density at radius 2 is 2.31 bits per heavy atom. The van der Waals surface area contributed by atoms with E-state index in [0.29, 0.717) is 30.5 Å². The number of hydrogen-bond acceptors (Lipinski definition) is 3. The van der Waals surface area contributed by atoms with Gasteiger partial charge in [0, 0.05) is 13.1 Å². The minimum atomic E-state index is -0.432. The summed E-state index contributed by atoms with van der Waals surface area (Å²) in [4.78, 5) is 16.1. The van der Waals surface area contributed by atoms with Crippen molar-refractivity contribution in [2.75, 3.05) is 6.67 Å². The van der Waals surface area contributed by atoms with Crippen LogP contribution in [0.1, 0.15) is 13.3 Å². The van der Waals surface area contributed by atoms with Crippen LogP contribution in [0.2, 0.25) is 0 Å². The zero-order valence-electron chi connectivity index (χ0n) is 9.06. The average Bonchev–Trinajstić information content (AvgIpc) is 2.72. The van der Waals surface area contributed by atoms with Crippen molar-refractivity contribution in [3.05, 3.63) is 22.9 Å². The molecular formula is C10H13FN4O. The maximum Gasteiger partial charge on any atom is 0.264 e. The lowest BCUT2D eigenvalue weighted by molar-refractivity contribution is 0.443. The highest BCUT2D eigenvalue weighted by Gasteiger charge is 2.08. The summed E-state index contributed by atoms with van der Waals surface area (Å²) in [5.74, 6) is 0. The lowest BCUT2D eigenvalue weighted by atomic mass is 10.4. The second-order valence-electron chi connectivity index (χ2n) is 3.48. The standard InChI is InChI=1S/C10H13FN4O/c1-2-15-9-8(6-13-15)10(16)14(7-12-9)5-3-4-11/h6-7H,2-5H2,1H3. The monoisotopic (exact) mass is 224 g/mol. The summed E-state index contributed by atoms with van der Waals surface area (Å²) in [6.45, 7) is 2.53. The highest BCUT2D eigenvalue weighted by Crippen LogP contribution is 2.05. The van der Waals surface area contributed by atoms with Gasteiger partial charge in [-0.25, -0.2) is 9.67 Å². The van der Waals surface area contributed by atoms with Crippen molar-refractivity contribution in [2.24, 2.45) is 0 Å². The third-order valence-corrected chi connectivity index (χ3v) is 2.45. The topological polar surface area (TPSA) is 52.7 Å². The van der Waals surface area contributed by atoms with E-state index in [1.54, 1.807) is 4.68 Å². The van der Waals surface area contributed by atoms with Crippen molar-refractivity contribution < 1.29 is 4.39 Å². The molecule has 2 rings (SSSR count). The van der Waals surface area contributed by atoms with E-state index < -0.39 is 6.67 Å². The molecule has 0 saturated heterocycles. The minimum absolute atomic E-state index is 0.154. The van der Waals surface area contributed by atoms with Gasteiger partial charge in [-0.2, -0.15) is 5.10 Å².